The van der Waals surface area contributed by atoms with Gasteiger partial charge in [0.1, 0.15) is 0 Å². The SMILES string of the molecule is CC(C)C(CC(CC(CC(CC(CC(CC(c1ccccc1)C(C)C)c1ccc(CN)cc1)c1ccccc1)c1ccccc1)c1ccccc1)c1ccc(CN)cc1)c1ccccc1. The van der Waals surface area contributed by atoms with Gasteiger partial charge in [0.05, 0.1) is 0 Å². The zero-order valence-corrected chi connectivity index (χ0v) is 39.6. The second kappa shape index (κ2) is 24.1. The van der Waals surface area contributed by atoms with Crippen LogP contribution in [0.4, 0.5) is 0 Å². The maximum Gasteiger partial charge on any atom is 0.0178 e. The van der Waals surface area contributed by atoms with Crippen molar-refractivity contribution >= 4 is 0 Å². The zero-order chi connectivity index (χ0) is 45.4. The lowest BCUT2D eigenvalue weighted by molar-refractivity contribution is 0.359. The van der Waals surface area contributed by atoms with E-state index in [1.165, 1.54) is 50.1 Å². The van der Waals surface area contributed by atoms with E-state index in [0.29, 0.717) is 66.4 Å². The van der Waals surface area contributed by atoms with Crippen molar-refractivity contribution < 1.29 is 0 Å². The lowest BCUT2D eigenvalue weighted by Crippen LogP contribution is -2.18. The van der Waals surface area contributed by atoms with Gasteiger partial charge in [0, 0.05) is 13.1 Å². The Morgan fingerprint density at radius 1 is 0.262 bits per heavy atom. The van der Waals surface area contributed by atoms with Crippen LogP contribution in [0, 0.1) is 11.8 Å². The Bertz CT molecular complexity index is 2210. The molecule has 6 unspecified atom stereocenters. The fourth-order valence-corrected chi connectivity index (χ4v) is 10.8. The predicted octanol–water partition coefficient (Wildman–Crippen LogP) is 16.0. The van der Waals surface area contributed by atoms with Crippen LogP contribution < -0.4 is 11.5 Å². The predicted molar refractivity (Wildman–Crippen MR) is 277 cm³/mol. The van der Waals surface area contributed by atoms with Gasteiger partial charge in [-0.1, -0.05) is 228 Å². The van der Waals surface area contributed by atoms with Crippen molar-refractivity contribution in [3.63, 3.8) is 0 Å². The van der Waals surface area contributed by atoms with Gasteiger partial charge >= 0.3 is 0 Å². The fraction of sp³-hybridized carbons (Fsp3) is 0.333. The first-order valence-electron chi connectivity index (χ1n) is 24.6. The molecule has 0 amide bonds. The fourth-order valence-electron chi connectivity index (χ4n) is 10.8. The Hall–Kier alpha value is -5.54. The molecule has 7 aromatic rings. The average Bonchev–Trinajstić information content (AvgIpc) is 3.36. The van der Waals surface area contributed by atoms with E-state index in [4.69, 9.17) is 11.5 Å². The topological polar surface area (TPSA) is 52.0 Å². The Labute approximate surface area is 392 Å². The monoisotopic (exact) mass is 859 g/mol. The van der Waals surface area contributed by atoms with Gasteiger partial charge in [-0.3, -0.25) is 0 Å². The molecule has 0 spiro atoms. The van der Waals surface area contributed by atoms with Crippen molar-refractivity contribution in [2.75, 3.05) is 0 Å². The Morgan fingerprint density at radius 3 is 0.708 bits per heavy atom. The third kappa shape index (κ3) is 13.3. The van der Waals surface area contributed by atoms with E-state index in [9.17, 15) is 0 Å². The van der Waals surface area contributed by atoms with Gasteiger partial charge in [-0.15, -0.1) is 0 Å². The molecule has 0 aliphatic rings. The van der Waals surface area contributed by atoms with Gasteiger partial charge < -0.3 is 11.5 Å². The van der Waals surface area contributed by atoms with E-state index >= 15 is 0 Å². The van der Waals surface area contributed by atoms with Crippen molar-refractivity contribution in [2.45, 2.75) is 121 Å². The molecule has 6 atom stereocenters. The normalized spacial score (nSPS) is 15.0. The molecule has 7 rings (SSSR count). The van der Waals surface area contributed by atoms with E-state index in [-0.39, 0.29) is 0 Å². The van der Waals surface area contributed by atoms with Crippen molar-refractivity contribution in [1.82, 2.24) is 0 Å². The van der Waals surface area contributed by atoms with Crippen molar-refractivity contribution in [1.29, 1.82) is 0 Å². The summed E-state index contributed by atoms with van der Waals surface area (Å²) >= 11 is 0. The van der Waals surface area contributed by atoms with Crippen molar-refractivity contribution in [3.05, 3.63) is 250 Å². The lowest BCUT2D eigenvalue weighted by Gasteiger charge is -2.34. The summed E-state index contributed by atoms with van der Waals surface area (Å²) in [6, 6.07) is 75.4. The standard InChI is InChI=1S/C63H74N2/c1-46(2)62(55-26-16-8-17-27-55)42-60(53-34-30-48(44-64)31-35-53)40-58(51-22-12-6-13-23-51)38-57(50-20-10-5-11-21-50)39-59(52-24-14-7-15-25-52)41-61(54-36-32-49(45-65)33-37-54)43-63(47(3)4)56-28-18-9-19-29-56/h5-37,46-47,57-63H,38-45,64-65H2,1-4H3. The molecule has 0 saturated carbocycles. The molecule has 0 saturated heterocycles. The highest BCUT2D eigenvalue weighted by atomic mass is 14.5. The van der Waals surface area contributed by atoms with Crippen LogP contribution in [-0.2, 0) is 13.1 Å². The molecule has 336 valence electrons. The molecule has 0 heterocycles. The minimum atomic E-state index is 0.345. The van der Waals surface area contributed by atoms with Gasteiger partial charge in [-0.05, 0) is 142 Å². The molecule has 65 heavy (non-hydrogen) atoms. The second-order valence-corrected chi connectivity index (χ2v) is 19.5. The van der Waals surface area contributed by atoms with Gasteiger partial charge in [-0.25, -0.2) is 0 Å². The Kier molecular flexibility index (Phi) is 17.6. The Balaban J connectivity index is 1.28. The molecule has 4 N–H and O–H groups in total. The minimum absolute atomic E-state index is 0.345. The first-order chi connectivity index (χ1) is 31.8. The number of rotatable bonds is 23. The van der Waals surface area contributed by atoms with Gasteiger partial charge in [0.2, 0.25) is 0 Å². The van der Waals surface area contributed by atoms with Gasteiger partial charge in [0.25, 0.3) is 0 Å². The molecule has 0 aromatic heterocycles. The molecule has 2 nitrogen and oxygen atoms in total. The van der Waals surface area contributed by atoms with E-state index < -0.39 is 0 Å². The van der Waals surface area contributed by atoms with Crippen LogP contribution in [0.5, 0.6) is 0 Å². The number of nitrogens with two attached hydrogens (primary N) is 2. The summed E-state index contributed by atoms with van der Waals surface area (Å²) in [5.74, 6) is 3.70. The van der Waals surface area contributed by atoms with E-state index in [1.54, 1.807) is 0 Å². The molecule has 0 fully saturated rings. The first-order valence-corrected chi connectivity index (χ1v) is 24.6. The molecule has 0 bridgehead atoms. The highest BCUT2D eigenvalue weighted by Crippen LogP contribution is 2.48. The maximum absolute atomic E-state index is 6.15. The van der Waals surface area contributed by atoms with Crippen LogP contribution in [-0.4, -0.2) is 0 Å². The third-order valence-corrected chi connectivity index (χ3v) is 14.6. The highest BCUT2D eigenvalue weighted by molar-refractivity contribution is 5.33. The quantitative estimate of drug-likeness (QED) is 0.0673. The number of hydrogen-bond donors (Lipinski definition) is 2. The van der Waals surface area contributed by atoms with Crippen LogP contribution in [0.3, 0.4) is 0 Å². The summed E-state index contributed by atoms with van der Waals surface area (Å²) in [6.45, 7) is 10.7. The summed E-state index contributed by atoms with van der Waals surface area (Å²) in [4.78, 5) is 0. The van der Waals surface area contributed by atoms with E-state index in [2.05, 4.69) is 228 Å². The van der Waals surface area contributed by atoms with Crippen LogP contribution in [0.15, 0.2) is 200 Å². The first kappa shape index (κ1) is 47.4. The summed E-state index contributed by atoms with van der Waals surface area (Å²) in [6.07, 6.45) is 6.48. The lowest BCUT2D eigenvalue weighted by atomic mass is 9.70. The number of hydrogen-bond acceptors (Lipinski definition) is 2. The average molecular weight is 859 g/mol. The summed E-state index contributed by atoms with van der Waals surface area (Å²) < 4.78 is 0. The molecule has 2 heteroatoms. The molecular weight excluding hydrogens is 785 g/mol. The second-order valence-electron chi connectivity index (χ2n) is 19.5. The van der Waals surface area contributed by atoms with Crippen molar-refractivity contribution in [2.24, 2.45) is 23.3 Å². The molecular formula is C63H74N2. The van der Waals surface area contributed by atoms with Crippen LogP contribution in [0.1, 0.15) is 158 Å². The molecule has 0 radical (unpaired) electrons. The molecule has 7 aromatic carbocycles. The largest absolute Gasteiger partial charge is 0.326 e. The van der Waals surface area contributed by atoms with Crippen LogP contribution in [0.25, 0.3) is 0 Å². The van der Waals surface area contributed by atoms with Gasteiger partial charge in [-0.2, -0.15) is 0 Å². The van der Waals surface area contributed by atoms with Crippen molar-refractivity contribution in [3.8, 4) is 0 Å². The maximum atomic E-state index is 6.15. The summed E-state index contributed by atoms with van der Waals surface area (Å²) in [7, 11) is 0. The third-order valence-electron chi connectivity index (χ3n) is 14.6. The summed E-state index contributed by atoms with van der Waals surface area (Å²) in [5, 5.41) is 0. The Morgan fingerprint density at radius 2 is 0.477 bits per heavy atom. The van der Waals surface area contributed by atoms with Crippen LogP contribution in [0.2, 0.25) is 0 Å². The van der Waals surface area contributed by atoms with Gasteiger partial charge in [0.15, 0.2) is 0 Å². The van der Waals surface area contributed by atoms with E-state index in [1.807, 2.05) is 0 Å². The minimum Gasteiger partial charge on any atom is -0.326 e. The number of benzene rings is 7. The summed E-state index contributed by atoms with van der Waals surface area (Å²) in [5.41, 5.74) is 24.7. The van der Waals surface area contributed by atoms with E-state index in [0.717, 1.165) is 38.5 Å². The highest BCUT2D eigenvalue weighted by Gasteiger charge is 2.31. The smallest absolute Gasteiger partial charge is 0.0178 e. The molecule has 0 aliphatic heterocycles. The molecule has 0 aliphatic carbocycles. The van der Waals surface area contributed by atoms with Crippen LogP contribution >= 0.6 is 0 Å². The zero-order valence-electron chi connectivity index (χ0n) is 39.6.